The van der Waals surface area contributed by atoms with Crippen molar-refractivity contribution in [2.24, 2.45) is 0 Å². The van der Waals surface area contributed by atoms with E-state index in [4.69, 9.17) is 9.47 Å². The molecular weight excluding hydrogens is 499 g/mol. The van der Waals surface area contributed by atoms with Crippen LogP contribution in [-0.2, 0) is 19.1 Å². The summed E-state index contributed by atoms with van der Waals surface area (Å²) in [6, 6.07) is 18.3. The van der Waals surface area contributed by atoms with Crippen LogP contribution in [0.15, 0.2) is 117 Å². The Balaban J connectivity index is 1.60. The van der Waals surface area contributed by atoms with E-state index in [1.54, 1.807) is 60.7 Å². The summed E-state index contributed by atoms with van der Waals surface area (Å²) in [5.74, 6) is 10.9. The molecule has 0 aliphatic heterocycles. The van der Waals surface area contributed by atoms with Crippen LogP contribution in [0, 0.1) is 29.5 Å². The Labute approximate surface area is 225 Å². The Morgan fingerprint density at radius 1 is 0.641 bits per heavy atom. The lowest BCUT2D eigenvalue weighted by Crippen LogP contribution is -1.93. The van der Waals surface area contributed by atoms with Gasteiger partial charge in [0, 0.05) is 28.8 Å². The zero-order valence-electron chi connectivity index (χ0n) is 20.6. The summed E-state index contributed by atoms with van der Waals surface area (Å²) in [5.41, 5.74) is 2.01. The molecule has 6 nitrogen and oxygen atoms in total. The first-order valence-electron chi connectivity index (χ1n) is 11.3. The van der Waals surface area contributed by atoms with Crippen LogP contribution in [0.3, 0.4) is 0 Å². The second-order valence-corrected chi connectivity index (χ2v) is 7.31. The fourth-order valence-corrected chi connectivity index (χ4v) is 2.74. The van der Waals surface area contributed by atoms with Crippen LogP contribution in [0.5, 0.6) is 11.5 Å². The first-order valence-corrected chi connectivity index (χ1v) is 11.3. The topological polar surface area (TPSA) is 71.1 Å². The van der Waals surface area contributed by atoms with Crippen LogP contribution in [-0.4, -0.2) is 11.9 Å². The van der Waals surface area contributed by atoms with Crippen molar-refractivity contribution < 1.29 is 32.9 Å². The normalized spacial score (nSPS) is 9.97. The quantitative estimate of drug-likeness (QED) is 0.162. The van der Waals surface area contributed by atoms with E-state index in [1.807, 2.05) is 0 Å². The van der Waals surface area contributed by atoms with E-state index in [0.29, 0.717) is 28.2 Å². The second kappa shape index (κ2) is 14.7. The summed E-state index contributed by atoms with van der Waals surface area (Å²) in [6.45, 7) is 6.58. The first-order chi connectivity index (χ1) is 19.0. The molecule has 0 aromatic heterocycles. The molecule has 0 atom stereocenters. The maximum absolute atomic E-state index is 14.6. The van der Waals surface area contributed by atoms with E-state index in [1.165, 1.54) is 18.6 Å². The highest BCUT2D eigenvalue weighted by molar-refractivity contribution is 5.82. The largest absolute Gasteiger partial charge is 0.462 e. The summed E-state index contributed by atoms with van der Waals surface area (Å²) >= 11 is 0. The van der Waals surface area contributed by atoms with Gasteiger partial charge in [0.2, 0.25) is 0 Å². The summed E-state index contributed by atoms with van der Waals surface area (Å²) in [5, 5.41) is 0. The van der Waals surface area contributed by atoms with Crippen LogP contribution in [0.25, 0.3) is 0 Å². The van der Waals surface area contributed by atoms with Gasteiger partial charge in [0.05, 0.1) is 5.56 Å². The van der Waals surface area contributed by atoms with Crippen molar-refractivity contribution in [1.29, 1.82) is 0 Å². The van der Waals surface area contributed by atoms with E-state index in [0.717, 1.165) is 24.7 Å². The van der Waals surface area contributed by atoms with Gasteiger partial charge < -0.3 is 18.9 Å². The molecule has 0 bridgehead atoms. The third kappa shape index (κ3) is 9.64. The molecule has 3 aromatic carbocycles. The van der Waals surface area contributed by atoms with E-state index in [2.05, 4.69) is 46.3 Å². The number of hydrogen-bond acceptors (Lipinski definition) is 6. The standard InChI is InChI=1S/C32H21FO6/c1-3-31(34)38-20-18-36-28-16-12-24(13-17-28)8-9-26-11-15-27(30(33)23-26)14-10-25-6-5-7-29(22-25)37-19-21-39-32(35)4-2/h3-7,11-13,15-23H,1-2H2/b20-18-,21-19-. The van der Waals surface area contributed by atoms with Crippen molar-refractivity contribution in [3.63, 3.8) is 0 Å². The Bertz CT molecular complexity index is 1540. The zero-order chi connectivity index (χ0) is 27.9. The zero-order valence-corrected chi connectivity index (χ0v) is 20.6. The highest BCUT2D eigenvalue weighted by atomic mass is 19.1. The van der Waals surface area contributed by atoms with Crippen LogP contribution in [0.1, 0.15) is 22.3 Å². The Hall–Kier alpha value is -5.79. The van der Waals surface area contributed by atoms with Crippen molar-refractivity contribution in [2.45, 2.75) is 0 Å². The Morgan fingerprint density at radius 2 is 1.21 bits per heavy atom. The number of benzene rings is 3. The average molecular weight is 521 g/mol. The van der Waals surface area contributed by atoms with Crippen molar-refractivity contribution >= 4 is 11.9 Å². The van der Waals surface area contributed by atoms with Gasteiger partial charge in [-0.15, -0.1) is 0 Å². The van der Waals surface area contributed by atoms with E-state index in [-0.39, 0.29) is 5.56 Å². The van der Waals surface area contributed by atoms with E-state index in [9.17, 15) is 14.0 Å². The lowest BCUT2D eigenvalue weighted by molar-refractivity contribution is -0.133. The Kier molecular flexibility index (Phi) is 10.5. The third-order valence-electron chi connectivity index (χ3n) is 4.57. The van der Waals surface area contributed by atoms with Gasteiger partial charge in [-0.2, -0.15) is 0 Å². The summed E-state index contributed by atoms with van der Waals surface area (Å²) in [6.07, 6.45) is 6.71. The average Bonchev–Trinajstić information content (AvgIpc) is 2.96. The van der Waals surface area contributed by atoms with Gasteiger partial charge in [-0.05, 0) is 60.7 Å². The lowest BCUT2D eigenvalue weighted by Gasteiger charge is -2.00. The van der Waals surface area contributed by atoms with Crippen LogP contribution in [0.4, 0.5) is 4.39 Å². The molecule has 0 aliphatic carbocycles. The van der Waals surface area contributed by atoms with E-state index < -0.39 is 17.8 Å². The van der Waals surface area contributed by atoms with Gasteiger partial charge in [0.25, 0.3) is 0 Å². The number of ether oxygens (including phenoxy) is 4. The van der Waals surface area contributed by atoms with Crippen molar-refractivity contribution in [1.82, 2.24) is 0 Å². The first kappa shape index (κ1) is 27.8. The second-order valence-electron chi connectivity index (χ2n) is 7.31. The van der Waals surface area contributed by atoms with Crippen LogP contribution >= 0.6 is 0 Å². The molecule has 0 aliphatic rings. The van der Waals surface area contributed by atoms with Gasteiger partial charge in [-0.1, -0.05) is 42.9 Å². The fourth-order valence-electron chi connectivity index (χ4n) is 2.74. The number of carbonyl (C=O) groups excluding carboxylic acids is 2. The smallest absolute Gasteiger partial charge is 0.335 e. The number of hydrogen-bond donors (Lipinski definition) is 0. The van der Waals surface area contributed by atoms with Crippen molar-refractivity contribution in [3.8, 4) is 35.2 Å². The molecule has 7 heteroatoms. The predicted octanol–water partition coefficient (Wildman–Crippen LogP) is 5.78. The number of carbonyl (C=O) groups is 2. The van der Waals surface area contributed by atoms with Crippen molar-refractivity contribution in [2.75, 3.05) is 0 Å². The minimum Gasteiger partial charge on any atom is -0.462 e. The highest BCUT2D eigenvalue weighted by Gasteiger charge is 2.01. The summed E-state index contributed by atoms with van der Waals surface area (Å²) in [7, 11) is 0. The lowest BCUT2D eigenvalue weighted by atomic mass is 10.1. The summed E-state index contributed by atoms with van der Waals surface area (Å²) in [4.78, 5) is 21.9. The molecule has 39 heavy (non-hydrogen) atoms. The summed E-state index contributed by atoms with van der Waals surface area (Å²) < 4.78 is 34.6. The maximum atomic E-state index is 14.6. The monoisotopic (exact) mass is 520 g/mol. The number of halogens is 1. The molecule has 0 N–H and O–H groups in total. The fraction of sp³-hybridized carbons (Fsp3) is 0. The molecule has 0 unspecified atom stereocenters. The molecule has 0 saturated carbocycles. The maximum Gasteiger partial charge on any atom is 0.335 e. The SMILES string of the molecule is C=CC(=O)O/C=C\Oc1ccc(C#Cc2ccc(C#Cc3cccc(O/C=C\OC(=O)C=C)c3)c(F)c2)cc1. The molecule has 0 heterocycles. The van der Waals surface area contributed by atoms with Crippen LogP contribution < -0.4 is 9.47 Å². The molecule has 0 fully saturated rings. The molecule has 3 aromatic rings. The predicted molar refractivity (Wildman–Crippen MR) is 143 cm³/mol. The molecule has 0 radical (unpaired) electrons. The molecular formula is C32H21FO6. The van der Waals surface area contributed by atoms with Crippen molar-refractivity contribution in [3.05, 3.63) is 145 Å². The van der Waals surface area contributed by atoms with Crippen LogP contribution in [0.2, 0.25) is 0 Å². The van der Waals surface area contributed by atoms with Gasteiger partial charge in [-0.25, -0.2) is 14.0 Å². The van der Waals surface area contributed by atoms with Gasteiger partial charge >= 0.3 is 11.9 Å². The Morgan fingerprint density at radius 3 is 1.85 bits per heavy atom. The molecule has 0 saturated heterocycles. The molecule has 0 amide bonds. The minimum absolute atomic E-state index is 0.219. The highest BCUT2D eigenvalue weighted by Crippen LogP contribution is 2.15. The molecule has 192 valence electrons. The molecule has 0 spiro atoms. The van der Waals surface area contributed by atoms with Gasteiger partial charge in [0.1, 0.15) is 42.4 Å². The van der Waals surface area contributed by atoms with Gasteiger partial charge in [0.15, 0.2) is 0 Å². The minimum atomic E-state index is -0.603. The number of esters is 2. The third-order valence-corrected chi connectivity index (χ3v) is 4.57. The van der Waals surface area contributed by atoms with Gasteiger partial charge in [-0.3, -0.25) is 0 Å². The molecule has 3 rings (SSSR count). The number of rotatable bonds is 8. The van der Waals surface area contributed by atoms with E-state index >= 15 is 0 Å².